The second-order valence-corrected chi connectivity index (χ2v) is 12.2. The summed E-state index contributed by atoms with van der Waals surface area (Å²) in [6.45, 7) is 0. The van der Waals surface area contributed by atoms with Gasteiger partial charge >= 0.3 is 0 Å². The van der Waals surface area contributed by atoms with Crippen LogP contribution in [0.3, 0.4) is 0 Å². The van der Waals surface area contributed by atoms with Crippen LogP contribution >= 0.6 is 7.26 Å². The Morgan fingerprint density at radius 3 is 1.57 bits per heavy atom. The Labute approximate surface area is 222 Å². The topological polar surface area (TPSA) is 39.3 Å². The number of fused-ring (bicyclic) bond motifs is 1. The third kappa shape index (κ3) is 4.51. The second kappa shape index (κ2) is 10.6. The minimum Gasteiger partial charge on any atom is -1.00 e. The Kier molecular flexibility index (Phi) is 7.05. The number of nitrogens with zero attached hydrogens (tertiary/aromatic N) is 3. The van der Waals surface area contributed by atoms with Crippen LogP contribution in [0.2, 0.25) is 0 Å². The molecule has 0 amide bonds. The van der Waals surface area contributed by atoms with Crippen LogP contribution in [-0.4, -0.2) is 14.2 Å². The highest BCUT2D eigenvalue weighted by Crippen LogP contribution is 2.57. The van der Waals surface area contributed by atoms with Gasteiger partial charge in [0.25, 0.3) is 5.56 Å². The quantitative estimate of drug-likeness (QED) is 0.315. The van der Waals surface area contributed by atoms with Crippen LogP contribution in [-0.2, 0) is 6.16 Å². The molecule has 0 unspecified atom stereocenters. The molecule has 6 heteroatoms. The van der Waals surface area contributed by atoms with Gasteiger partial charge in [-0.05, 0) is 48.5 Å². The molecule has 6 aromatic rings. The number of aromatic nitrogens is 3. The van der Waals surface area contributed by atoms with Crippen molar-refractivity contribution in [2.45, 2.75) is 6.16 Å². The summed E-state index contributed by atoms with van der Waals surface area (Å²) < 4.78 is 3.48. The van der Waals surface area contributed by atoms with E-state index in [-0.39, 0.29) is 18.0 Å². The van der Waals surface area contributed by atoms with Gasteiger partial charge in [0.15, 0.2) is 5.65 Å². The molecule has 0 aliphatic carbocycles. The van der Waals surface area contributed by atoms with Crippen LogP contribution in [0.1, 0.15) is 5.69 Å². The minimum atomic E-state index is -2.14. The zero-order valence-electron chi connectivity index (χ0n) is 20.1. The van der Waals surface area contributed by atoms with Crippen molar-refractivity contribution in [3.8, 4) is 5.69 Å². The van der Waals surface area contributed by atoms with Crippen molar-refractivity contribution in [1.82, 2.24) is 14.2 Å². The summed E-state index contributed by atoms with van der Waals surface area (Å²) in [7, 11) is -2.14. The summed E-state index contributed by atoms with van der Waals surface area (Å²) in [5, 5.41) is 3.81. The average molecular weight is 522 g/mol. The molecule has 0 saturated heterocycles. The average Bonchev–Trinajstić information content (AvgIpc) is 3.38. The van der Waals surface area contributed by atoms with Gasteiger partial charge in [-0.15, -0.1) is 0 Å². The predicted molar refractivity (Wildman–Crippen MR) is 150 cm³/mol. The molecule has 37 heavy (non-hydrogen) atoms. The summed E-state index contributed by atoms with van der Waals surface area (Å²) in [5.41, 5.74) is 2.28. The fourth-order valence-electron chi connectivity index (χ4n) is 4.95. The fourth-order valence-corrected chi connectivity index (χ4v) is 9.08. The zero-order valence-corrected chi connectivity index (χ0v) is 21.7. The van der Waals surface area contributed by atoms with E-state index in [1.54, 1.807) is 10.6 Å². The molecule has 0 aliphatic rings. The molecule has 0 radical (unpaired) electrons. The van der Waals surface area contributed by atoms with Crippen LogP contribution in [0.25, 0.3) is 11.3 Å². The highest BCUT2D eigenvalue weighted by atomic mass is 35.5. The van der Waals surface area contributed by atoms with Gasteiger partial charge in [-0.25, -0.2) is 4.98 Å². The lowest BCUT2D eigenvalue weighted by atomic mass is 10.3. The summed E-state index contributed by atoms with van der Waals surface area (Å²) in [4.78, 5) is 18.5. The Morgan fingerprint density at radius 1 is 0.622 bits per heavy atom. The molecule has 4 nitrogen and oxygen atoms in total. The molecule has 182 valence electrons. The van der Waals surface area contributed by atoms with Crippen molar-refractivity contribution >= 4 is 28.8 Å². The normalized spacial score (nSPS) is 11.2. The second-order valence-electron chi connectivity index (χ2n) is 8.73. The third-order valence-corrected chi connectivity index (χ3v) is 10.9. The van der Waals surface area contributed by atoms with E-state index in [9.17, 15) is 4.79 Å². The van der Waals surface area contributed by atoms with Crippen molar-refractivity contribution in [2.24, 2.45) is 0 Å². The Bertz CT molecular complexity index is 1570. The molecule has 0 aliphatic heterocycles. The molecular formula is C31H25ClN3OP. The van der Waals surface area contributed by atoms with Crippen molar-refractivity contribution in [3.05, 3.63) is 156 Å². The van der Waals surface area contributed by atoms with Crippen LogP contribution in [0.5, 0.6) is 0 Å². The third-order valence-electron chi connectivity index (χ3n) is 6.57. The standard InChI is InChI=1S/C31H25N3OP.ClH/c35-31-23-25(32-30-21-22-33(34(30)31)26-13-5-1-6-14-26)24-36(27-15-7-2-8-16-27,28-17-9-3-10-18-28)29-19-11-4-12-20-29;/h1-23H,24H2;1H/q+1;/p-1. The maximum atomic E-state index is 13.5. The SMILES string of the molecule is O=c1cc(C[P+](c2ccccc2)(c2ccccc2)c2ccccc2)nc2ccn(-c3ccccc3)n12.[Cl-]. The number of rotatable bonds is 6. The van der Waals surface area contributed by atoms with Gasteiger partial charge < -0.3 is 12.4 Å². The van der Waals surface area contributed by atoms with Gasteiger partial charge in [0.2, 0.25) is 0 Å². The fraction of sp³-hybridized carbons (Fsp3) is 0.0323. The highest BCUT2D eigenvalue weighted by molar-refractivity contribution is 7.95. The lowest BCUT2D eigenvalue weighted by Crippen LogP contribution is -3.00. The number of para-hydroxylation sites is 1. The van der Waals surface area contributed by atoms with Gasteiger partial charge in [-0.2, -0.15) is 4.52 Å². The van der Waals surface area contributed by atoms with Gasteiger partial charge in [-0.3, -0.25) is 9.48 Å². The maximum absolute atomic E-state index is 13.5. The summed E-state index contributed by atoms with van der Waals surface area (Å²) in [6.07, 6.45) is 2.56. The van der Waals surface area contributed by atoms with E-state index in [0.29, 0.717) is 11.8 Å². The number of benzene rings is 4. The predicted octanol–water partition coefficient (Wildman–Crippen LogP) is 1.98. The first kappa shape index (κ1) is 24.7. The van der Waals surface area contributed by atoms with E-state index in [4.69, 9.17) is 4.98 Å². The van der Waals surface area contributed by atoms with Crippen LogP contribution in [0, 0.1) is 0 Å². The summed E-state index contributed by atoms with van der Waals surface area (Å²) in [5.74, 6) is 0. The Morgan fingerprint density at radius 2 is 1.08 bits per heavy atom. The molecule has 0 saturated carbocycles. The molecule has 0 fully saturated rings. The first-order valence-electron chi connectivity index (χ1n) is 12.0. The summed E-state index contributed by atoms with van der Waals surface area (Å²) >= 11 is 0. The van der Waals surface area contributed by atoms with E-state index in [1.807, 2.05) is 47.3 Å². The van der Waals surface area contributed by atoms with Crippen LogP contribution in [0.15, 0.2) is 144 Å². The lowest BCUT2D eigenvalue weighted by molar-refractivity contribution is -0.00000717. The molecule has 6 rings (SSSR count). The van der Waals surface area contributed by atoms with Crippen molar-refractivity contribution in [2.75, 3.05) is 0 Å². The van der Waals surface area contributed by atoms with Crippen molar-refractivity contribution < 1.29 is 12.4 Å². The molecule has 0 N–H and O–H groups in total. The molecule has 0 spiro atoms. The van der Waals surface area contributed by atoms with Gasteiger partial charge in [0, 0.05) is 18.3 Å². The van der Waals surface area contributed by atoms with E-state index in [2.05, 4.69) is 91.0 Å². The van der Waals surface area contributed by atoms with Crippen molar-refractivity contribution in [1.29, 1.82) is 0 Å². The van der Waals surface area contributed by atoms with Crippen LogP contribution < -0.4 is 33.9 Å². The molecule has 2 aromatic heterocycles. The smallest absolute Gasteiger partial charge is 0.273 e. The van der Waals surface area contributed by atoms with Crippen LogP contribution in [0.4, 0.5) is 0 Å². The van der Waals surface area contributed by atoms with Gasteiger partial charge in [0.05, 0.1) is 11.4 Å². The maximum Gasteiger partial charge on any atom is 0.273 e. The number of hydrogen-bond donors (Lipinski definition) is 0. The molecular weight excluding hydrogens is 497 g/mol. The zero-order chi connectivity index (χ0) is 24.4. The first-order chi connectivity index (χ1) is 17.8. The highest BCUT2D eigenvalue weighted by Gasteiger charge is 2.46. The van der Waals surface area contributed by atoms with Gasteiger partial charge in [0.1, 0.15) is 29.3 Å². The van der Waals surface area contributed by atoms with E-state index in [1.165, 1.54) is 15.9 Å². The van der Waals surface area contributed by atoms with Gasteiger partial charge in [-0.1, -0.05) is 72.8 Å². The van der Waals surface area contributed by atoms with E-state index < -0.39 is 7.26 Å². The Hall–Kier alpha value is -3.98. The minimum absolute atomic E-state index is 0. The summed E-state index contributed by atoms with van der Waals surface area (Å²) in [6, 6.07) is 45.5. The lowest BCUT2D eigenvalue weighted by Gasteiger charge is -2.27. The largest absolute Gasteiger partial charge is 1.00 e. The monoisotopic (exact) mass is 521 g/mol. The molecule has 2 heterocycles. The molecule has 0 atom stereocenters. The molecule has 4 aromatic carbocycles. The van der Waals surface area contributed by atoms with E-state index in [0.717, 1.165) is 11.4 Å². The first-order valence-corrected chi connectivity index (χ1v) is 13.9. The molecule has 0 bridgehead atoms. The van der Waals surface area contributed by atoms with Crippen molar-refractivity contribution in [3.63, 3.8) is 0 Å². The Balaban J connectivity index is 0.00000280. The van der Waals surface area contributed by atoms with E-state index >= 15 is 0 Å². The number of halogens is 1. The number of hydrogen-bond acceptors (Lipinski definition) is 2.